The van der Waals surface area contributed by atoms with Gasteiger partial charge in [0.1, 0.15) is 23.1 Å². The average Bonchev–Trinajstić information content (AvgIpc) is 3.36. The van der Waals surface area contributed by atoms with Crippen molar-refractivity contribution in [3.8, 4) is 5.75 Å². The molecular formula is C23H17Cl4N3O3. The number of aromatic nitrogens is 2. The monoisotopic (exact) mass is 523 g/mol. The molecule has 10 heteroatoms. The molecule has 33 heavy (non-hydrogen) atoms. The van der Waals surface area contributed by atoms with Crippen molar-refractivity contribution < 1.29 is 13.9 Å². The molecule has 0 atom stereocenters. The average molecular weight is 525 g/mol. The molecular weight excluding hydrogens is 508 g/mol. The SMILES string of the molecule is Cc1cc(Cl)ccc1OCc1ccc(C(=O)Nc2nn(Cc3ccc(Cl)cc3Cl)cc2Cl)o1. The summed E-state index contributed by atoms with van der Waals surface area (Å²) in [7, 11) is 0. The van der Waals surface area contributed by atoms with E-state index in [0.717, 1.165) is 11.1 Å². The van der Waals surface area contributed by atoms with E-state index in [1.165, 1.54) is 0 Å². The maximum Gasteiger partial charge on any atom is 0.292 e. The van der Waals surface area contributed by atoms with E-state index in [0.29, 0.717) is 33.1 Å². The fraction of sp³-hybridized carbons (Fsp3) is 0.130. The van der Waals surface area contributed by atoms with Crippen molar-refractivity contribution in [1.29, 1.82) is 0 Å². The number of carbonyl (C=O) groups is 1. The number of amides is 1. The summed E-state index contributed by atoms with van der Waals surface area (Å²) >= 11 is 24.4. The van der Waals surface area contributed by atoms with E-state index in [9.17, 15) is 4.79 Å². The number of anilines is 1. The number of benzene rings is 2. The van der Waals surface area contributed by atoms with E-state index < -0.39 is 5.91 Å². The minimum atomic E-state index is -0.486. The second kappa shape index (κ2) is 10.1. The van der Waals surface area contributed by atoms with Gasteiger partial charge in [-0.15, -0.1) is 0 Å². The van der Waals surface area contributed by atoms with Gasteiger partial charge in [-0.3, -0.25) is 9.48 Å². The number of halogens is 4. The lowest BCUT2D eigenvalue weighted by Gasteiger charge is -2.07. The topological polar surface area (TPSA) is 69.3 Å². The second-order valence-corrected chi connectivity index (χ2v) is 8.86. The molecule has 170 valence electrons. The van der Waals surface area contributed by atoms with Crippen LogP contribution in [0.25, 0.3) is 0 Å². The summed E-state index contributed by atoms with van der Waals surface area (Å²) in [6.45, 7) is 2.41. The van der Waals surface area contributed by atoms with Gasteiger partial charge in [0.2, 0.25) is 0 Å². The number of hydrogen-bond acceptors (Lipinski definition) is 4. The molecule has 2 heterocycles. The summed E-state index contributed by atoms with van der Waals surface area (Å²) < 4.78 is 12.9. The molecule has 0 spiro atoms. The number of hydrogen-bond donors (Lipinski definition) is 1. The molecule has 4 aromatic rings. The van der Waals surface area contributed by atoms with Crippen molar-refractivity contribution in [2.45, 2.75) is 20.1 Å². The third kappa shape index (κ3) is 5.84. The number of nitrogens with zero attached hydrogens (tertiary/aromatic N) is 2. The number of nitrogens with one attached hydrogen (secondary N) is 1. The van der Waals surface area contributed by atoms with Gasteiger partial charge in [-0.2, -0.15) is 5.10 Å². The van der Waals surface area contributed by atoms with Gasteiger partial charge < -0.3 is 14.5 Å². The fourth-order valence-corrected chi connectivity index (χ4v) is 3.95. The van der Waals surface area contributed by atoms with Crippen molar-refractivity contribution in [2.24, 2.45) is 0 Å². The number of furan rings is 1. The van der Waals surface area contributed by atoms with Crippen LogP contribution in [0.1, 0.15) is 27.4 Å². The summed E-state index contributed by atoms with van der Waals surface area (Å²) in [5, 5.41) is 8.94. The van der Waals surface area contributed by atoms with E-state index in [1.807, 2.05) is 13.0 Å². The first-order chi connectivity index (χ1) is 15.8. The zero-order valence-electron chi connectivity index (χ0n) is 17.2. The molecule has 0 aliphatic carbocycles. The van der Waals surface area contributed by atoms with Crippen molar-refractivity contribution in [2.75, 3.05) is 5.32 Å². The molecule has 0 aliphatic rings. The standard InChI is InChI=1S/C23H17Cl4N3O3/c1-13-8-15(24)4-6-20(13)32-12-17-5-7-21(33-17)23(31)28-22-19(27)11-30(29-22)10-14-2-3-16(25)9-18(14)26/h2-9,11H,10,12H2,1H3,(H,28,29,31). The summed E-state index contributed by atoms with van der Waals surface area (Å²) in [6.07, 6.45) is 1.60. The molecule has 0 unspecified atom stereocenters. The highest BCUT2D eigenvalue weighted by molar-refractivity contribution is 6.35. The Morgan fingerprint density at radius 2 is 1.79 bits per heavy atom. The van der Waals surface area contributed by atoms with Crippen LogP contribution in [0.15, 0.2) is 59.1 Å². The van der Waals surface area contributed by atoms with Gasteiger partial charge in [0.25, 0.3) is 5.91 Å². The Kier molecular flexibility index (Phi) is 7.20. The Balaban J connectivity index is 1.39. The summed E-state index contributed by atoms with van der Waals surface area (Å²) in [4.78, 5) is 12.6. The van der Waals surface area contributed by atoms with E-state index in [4.69, 9.17) is 55.6 Å². The van der Waals surface area contributed by atoms with Crippen LogP contribution in [0, 0.1) is 6.92 Å². The van der Waals surface area contributed by atoms with E-state index >= 15 is 0 Å². The molecule has 0 radical (unpaired) electrons. The molecule has 1 N–H and O–H groups in total. The highest BCUT2D eigenvalue weighted by atomic mass is 35.5. The van der Waals surface area contributed by atoms with Crippen molar-refractivity contribution >= 4 is 58.1 Å². The lowest BCUT2D eigenvalue weighted by atomic mass is 10.2. The largest absolute Gasteiger partial charge is 0.485 e. The number of carbonyl (C=O) groups excluding carboxylic acids is 1. The van der Waals surface area contributed by atoms with Crippen LogP contribution in [-0.4, -0.2) is 15.7 Å². The highest BCUT2D eigenvalue weighted by Gasteiger charge is 2.16. The van der Waals surface area contributed by atoms with Gasteiger partial charge in [-0.25, -0.2) is 0 Å². The van der Waals surface area contributed by atoms with Crippen LogP contribution in [-0.2, 0) is 13.2 Å². The third-order valence-electron chi connectivity index (χ3n) is 4.69. The van der Waals surface area contributed by atoms with Crippen LogP contribution in [0.3, 0.4) is 0 Å². The van der Waals surface area contributed by atoms with Gasteiger partial charge in [-0.05, 0) is 60.5 Å². The number of rotatable bonds is 7. The predicted octanol–water partition coefficient (Wildman–Crippen LogP) is 7.28. The van der Waals surface area contributed by atoms with Crippen LogP contribution in [0.4, 0.5) is 5.82 Å². The summed E-state index contributed by atoms with van der Waals surface area (Å²) in [5.74, 6) is 0.995. The van der Waals surface area contributed by atoms with Crippen molar-refractivity contribution in [3.05, 3.63) is 97.5 Å². The zero-order chi connectivity index (χ0) is 23.5. The molecule has 0 saturated heterocycles. The quantitative estimate of drug-likeness (QED) is 0.276. The van der Waals surface area contributed by atoms with Crippen LogP contribution < -0.4 is 10.1 Å². The third-order valence-corrected chi connectivity index (χ3v) is 5.79. The Morgan fingerprint density at radius 3 is 2.55 bits per heavy atom. The fourth-order valence-electron chi connectivity index (χ4n) is 3.06. The predicted molar refractivity (Wildman–Crippen MR) is 130 cm³/mol. The molecule has 2 aromatic heterocycles. The normalized spacial score (nSPS) is 10.9. The van der Waals surface area contributed by atoms with E-state index in [1.54, 1.807) is 53.3 Å². The first kappa shape index (κ1) is 23.5. The van der Waals surface area contributed by atoms with Gasteiger partial charge in [-0.1, -0.05) is 52.5 Å². The van der Waals surface area contributed by atoms with Crippen molar-refractivity contribution in [3.63, 3.8) is 0 Å². The molecule has 0 fully saturated rings. The van der Waals surface area contributed by atoms with Gasteiger partial charge in [0.05, 0.1) is 6.54 Å². The molecule has 0 bridgehead atoms. The number of ether oxygens (including phenoxy) is 1. The lowest BCUT2D eigenvalue weighted by molar-refractivity contribution is 0.0992. The molecule has 0 aliphatic heterocycles. The van der Waals surface area contributed by atoms with Crippen LogP contribution >= 0.6 is 46.4 Å². The van der Waals surface area contributed by atoms with Crippen molar-refractivity contribution in [1.82, 2.24) is 9.78 Å². The lowest BCUT2D eigenvalue weighted by Crippen LogP contribution is -2.12. The molecule has 0 saturated carbocycles. The molecule has 2 aromatic carbocycles. The Bertz CT molecular complexity index is 1320. The smallest absolute Gasteiger partial charge is 0.292 e. The molecule has 6 nitrogen and oxygen atoms in total. The second-order valence-electron chi connectivity index (χ2n) is 7.18. The van der Waals surface area contributed by atoms with Gasteiger partial charge >= 0.3 is 0 Å². The first-order valence-corrected chi connectivity index (χ1v) is 11.3. The highest BCUT2D eigenvalue weighted by Crippen LogP contribution is 2.26. The van der Waals surface area contributed by atoms with E-state index in [2.05, 4.69) is 10.4 Å². The zero-order valence-corrected chi connectivity index (χ0v) is 20.3. The molecule has 4 rings (SSSR count). The Labute approximate surface area is 210 Å². The first-order valence-electron chi connectivity index (χ1n) is 9.74. The number of aryl methyl sites for hydroxylation is 1. The minimum absolute atomic E-state index is 0.104. The summed E-state index contributed by atoms with van der Waals surface area (Å²) in [6, 6.07) is 13.8. The van der Waals surface area contributed by atoms with Crippen LogP contribution in [0.2, 0.25) is 20.1 Å². The minimum Gasteiger partial charge on any atom is -0.485 e. The molecule has 1 amide bonds. The Morgan fingerprint density at radius 1 is 1.03 bits per heavy atom. The van der Waals surface area contributed by atoms with Gasteiger partial charge in [0, 0.05) is 21.3 Å². The van der Waals surface area contributed by atoms with Crippen LogP contribution in [0.5, 0.6) is 5.75 Å². The maximum atomic E-state index is 12.6. The Hall–Kier alpha value is -2.64. The summed E-state index contributed by atoms with van der Waals surface area (Å²) in [5.41, 5.74) is 1.71. The van der Waals surface area contributed by atoms with E-state index in [-0.39, 0.29) is 23.2 Å². The van der Waals surface area contributed by atoms with Gasteiger partial charge in [0.15, 0.2) is 11.6 Å². The maximum absolute atomic E-state index is 12.6.